The SMILES string of the molecule is C[C@H](NC(=O)[C@H](CCCNC(=N)N)NC(=O)CNC(=O)[C@H](CCC(=O)O)NC(=O)[C@@H]1CCCN1C(=O)[C@H](CCC(N)=O)NC(=O)[C@H](CCCNC(=N)N)NC(=O)[C@H](C)NC(=O)[C@H](CCCCN)NC(=O)[C@@H]1CCCN1)C(=O)N[C@@H](Cc1c[nH]c2ccccc12)C(=O)N[C@@H](C)C(=O)N[C@@H](CCC(N)=O)C(=O)N1CCC[C@H]1C(=O)NCC(=O)N[C@@H](CS)C(=O)O. The van der Waals surface area contributed by atoms with Gasteiger partial charge < -0.3 is 139 Å². The number of aromatic nitrogens is 1. The Labute approximate surface area is 713 Å². The van der Waals surface area contributed by atoms with Crippen LogP contribution in [0.25, 0.3) is 10.9 Å². The van der Waals surface area contributed by atoms with Crippen molar-refractivity contribution in [2.45, 2.75) is 234 Å². The summed E-state index contributed by atoms with van der Waals surface area (Å²) in [6.07, 6.45) is 1.04. The van der Waals surface area contributed by atoms with Crippen molar-refractivity contribution in [1.82, 2.24) is 99.9 Å². The fraction of sp³-hybridized carbons (Fsp3) is 0.613. The number of fused-ring (bicyclic) bond motifs is 1. The molecular formula is C75H118N26O21S. The smallest absolute Gasteiger partial charge is 0.327 e. The molecule has 0 saturated carbocycles. The predicted molar refractivity (Wildman–Crippen MR) is 443 cm³/mol. The Kier molecular flexibility index (Phi) is 42.2. The van der Waals surface area contributed by atoms with Gasteiger partial charge in [-0.2, -0.15) is 12.6 Å². The molecule has 0 radical (unpaired) electrons. The molecule has 0 bridgehead atoms. The van der Waals surface area contributed by atoms with Crippen molar-refractivity contribution in [1.29, 1.82) is 10.8 Å². The molecule has 3 fully saturated rings. The van der Waals surface area contributed by atoms with E-state index in [0.717, 1.165) is 16.2 Å². The lowest BCUT2D eigenvalue weighted by Crippen LogP contribution is -2.59. The van der Waals surface area contributed by atoms with E-state index >= 15 is 0 Å². The molecular weight excluding hydrogens is 1630 g/mol. The van der Waals surface area contributed by atoms with E-state index in [4.69, 9.17) is 39.5 Å². The molecule has 680 valence electrons. The molecule has 3 aliphatic rings. The van der Waals surface area contributed by atoms with Crippen molar-refractivity contribution in [3.05, 3.63) is 36.0 Å². The van der Waals surface area contributed by atoms with Crippen LogP contribution in [0.3, 0.4) is 0 Å². The number of hydrogen-bond acceptors (Lipinski definition) is 24. The maximum atomic E-state index is 14.7. The first-order valence-corrected chi connectivity index (χ1v) is 41.2. The number of guanidine groups is 2. The fourth-order valence-corrected chi connectivity index (χ4v) is 14.0. The largest absolute Gasteiger partial charge is 0.481 e. The maximum absolute atomic E-state index is 14.7. The first-order chi connectivity index (χ1) is 58.3. The van der Waals surface area contributed by atoms with Crippen molar-refractivity contribution in [2.24, 2.45) is 28.7 Å². The number of primary amides is 2. The standard InChI is InChI=1S/C75H118N26O21S/c1-38(90-66(114)46(15-6-7-27-76)95-64(112)44-16-8-28-83-44)60(108)94-47(18-10-30-85-75(81)82)67(115)98-50(22-25-56(78)103)72(120)101-32-12-20-54(101)70(118)96-48(23-26-59(106)107)63(111)87-35-57(104)92-45(17-9-29-84-74(79)80)65(113)89-40(3)62(110)99-51(33-41-34-86-43-14-5-4-13-42(41)43)68(116)91-39(2)61(109)97-49(21-24-55(77)102)71(119)100-31-11-19-53(100)69(117)88-36-58(105)93-52(37-123)73(121)122/h4-5,13-14,34,38-40,44-54,83,86,123H,6-12,15-33,35-37,76H2,1-3H3,(H2,77,102)(H2,78,103)(H,87,111)(H,88,117)(H,89,113)(H,90,114)(H,91,116)(H,92,104)(H,93,105)(H,94,108)(H,95,112)(H,96,118)(H,97,109)(H,98,115)(H,99,110)(H,106,107)(H,121,122)(H4,79,80,84)(H4,81,82,85)/t38-,39-,40-,44-,45-,46-,47-,48-,49-,50-,51-,52-,53-,54-/m0/s1. The molecule has 5 rings (SSSR count). The molecule has 3 saturated heterocycles. The van der Waals surface area contributed by atoms with Crippen molar-refractivity contribution in [2.75, 3.05) is 58.1 Å². The number of para-hydroxylation sites is 1. The highest BCUT2D eigenvalue weighted by atomic mass is 32.1. The number of carboxylic acid groups (broad SMARTS) is 2. The van der Waals surface area contributed by atoms with E-state index in [2.05, 4.69) is 103 Å². The molecule has 17 amide bonds. The van der Waals surface area contributed by atoms with Gasteiger partial charge in [-0.25, -0.2) is 4.79 Å². The average Bonchev–Trinajstić information content (AvgIpc) is 1.74. The van der Waals surface area contributed by atoms with Gasteiger partial charge in [-0.15, -0.1) is 0 Å². The summed E-state index contributed by atoms with van der Waals surface area (Å²) in [6.45, 7) is 3.04. The lowest BCUT2D eigenvalue weighted by Gasteiger charge is -2.31. The van der Waals surface area contributed by atoms with Crippen LogP contribution >= 0.6 is 12.6 Å². The van der Waals surface area contributed by atoms with Crippen LogP contribution < -0.4 is 114 Å². The number of carbonyl (C=O) groups excluding carboxylic acids is 17. The zero-order chi connectivity index (χ0) is 91.2. The third kappa shape index (κ3) is 34.1. The van der Waals surface area contributed by atoms with Gasteiger partial charge in [0.2, 0.25) is 100 Å². The van der Waals surface area contributed by atoms with E-state index in [9.17, 15) is 101 Å². The molecule has 3 aliphatic heterocycles. The number of benzene rings is 1. The van der Waals surface area contributed by atoms with E-state index in [1.807, 2.05) is 0 Å². The summed E-state index contributed by atoms with van der Waals surface area (Å²) in [7, 11) is 0. The number of nitrogens with one attached hydrogen (secondary N) is 19. The molecule has 0 unspecified atom stereocenters. The van der Waals surface area contributed by atoms with Crippen LogP contribution in [0.4, 0.5) is 0 Å². The fourth-order valence-electron chi connectivity index (χ4n) is 13.7. The number of H-pyrrole nitrogens is 1. The molecule has 1 aromatic heterocycles. The zero-order valence-corrected chi connectivity index (χ0v) is 69.7. The summed E-state index contributed by atoms with van der Waals surface area (Å²) >= 11 is 3.90. The van der Waals surface area contributed by atoms with Gasteiger partial charge in [-0.05, 0) is 148 Å². The van der Waals surface area contributed by atoms with Crippen LogP contribution in [0.5, 0.6) is 0 Å². The predicted octanol–water partition coefficient (Wildman–Crippen LogP) is -8.86. The minimum absolute atomic E-state index is 0.000417. The first-order valence-electron chi connectivity index (χ1n) is 40.6. The number of nitrogens with zero attached hydrogens (tertiary/aromatic N) is 2. The second-order valence-electron chi connectivity index (χ2n) is 30.0. The van der Waals surface area contributed by atoms with Crippen molar-refractivity contribution < 1.29 is 101 Å². The van der Waals surface area contributed by atoms with Gasteiger partial charge in [-0.3, -0.25) is 97.1 Å². The van der Waals surface area contributed by atoms with Gasteiger partial charge in [0.1, 0.15) is 78.5 Å². The molecule has 123 heavy (non-hydrogen) atoms. The lowest BCUT2D eigenvalue weighted by atomic mass is 10.0. The molecule has 31 N–H and O–H groups in total. The van der Waals surface area contributed by atoms with E-state index in [0.29, 0.717) is 55.2 Å². The lowest BCUT2D eigenvalue weighted by molar-refractivity contribution is -0.143. The highest BCUT2D eigenvalue weighted by molar-refractivity contribution is 7.80. The van der Waals surface area contributed by atoms with E-state index < -0.39 is 254 Å². The minimum Gasteiger partial charge on any atom is -0.481 e. The van der Waals surface area contributed by atoms with Crippen LogP contribution in [-0.2, 0) is 97.5 Å². The number of amides is 17. The molecule has 14 atom stereocenters. The van der Waals surface area contributed by atoms with Gasteiger partial charge >= 0.3 is 11.9 Å². The molecule has 48 heteroatoms. The highest BCUT2D eigenvalue weighted by Crippen LogP contribution is 2.24. The van der Waals surface area contributed by atoms with Gasteiger partial charge in [0.25, 0.3) is 0 Å². The van der Waals surface area contributed by atoms with Gasteiger partial charge in [-0.1, -0.05) is 18.2 Å². The summed E-state index contributed by atoms with van der Waals surface area (Å²) in [5.74, 6) is -19.0. The summed E-state index contributed by atoms with van der Waals surface area (Å²) in [6, 6.07) is -12.3. The number of rotatable bonds is 53. The second kappa shape index (κ2) is 51.3. The number of aliphatic carboxylic acids is 2. The number of carbonyl (C=O) groups is 19. The maximum Gasteiger partial charge on any atom is 0.327 e. The average molecular weight is 1750 g/mol. The van der Waals surface area contributed by atoms with Gasteiger partial charge in [0.15, 0.2) is 11.9 Å². The van der Waals surface area contributed by atoms with Gasteiger partial charge in [0, 0.05) is 74.7 Å². The Morgan fingerprint density at radius 1 is 0.472 bits per heavy atom. The molecule has 2 aromatic rings. The van der Waals surface area contributed by atoms with Crippen molar-refractivity contribution in [3.63, 3.8) is 0 Å². The topological polar surface area (TPSA) is 757 Å². The van der Waals surface area contributed by atoms with Crippen LogP contribution in [0.1, 0.15) is 148 Å². The quantitative estimate of drug-likeness (QED) is 0.0127. The van der Waals surface area contributed by atoms with E-state index in [1.54, 1.807) is 30.5 Å². The first kappa shape index (κ1) is 101. The summed E-state index contributed by atoms with van der Waals surface area (Å²) in [5, 5.41) is 75.4. The normalized spacial score (nSPS) is 17.4. The Bertz CT molecular complexity index is 4130. The van der Waals surface area contributed by atoms with Crippen molar-refractivity contribution >= 4 is 148 Å². The highest BCUT2D eigenvalue weighted by Gasteiger charge is 2.43. The zero-order valence-electron chi connectivity index (χ0n) is 68.9. The minimum atomic E-state index is -1.72. The number of hydrogen-bond donors (Lipinski definition) is 27. The second-order valence-corrected chi connectivity index (χ2v) is 30.4. The van der Waals surface area contributed by atoms with Crippen molar-refractivity contribution in [3.8, 4) is 0 Å². The Balaban J connectivity index is 1.28. The van der Waals surface area contributed by atoms with E-state index in [1.165, 1.54) is 20.8 Å². The summed E-state index contributed by atoms with van der Waals surface area (Å²) < 4.78 is 0. The Morgan fingerprint density at radius 3 is 1.41 bits per heavy atom. The molecule has 47 nitrogen and oxygen atoms in total. The van der Waals surface area contributed by atoms with E-state index in [-0.39, 0.29) is 96.1 Å². The van der Waals surface area contributed by atoms with Crippen LogP contribution in [0, 0.1) is 10.8 Å². The van der Waals surface area contributed by atoms with Crippen LogP contribution in [-0.4, -0.2) is 292 Å². The molecule has 4 heterocycles. The Morgan fingerprint density at radius 2 is 0.911 bits per heavy atom. The number of thiol groups is 1. The summed E-state index contributed by atoms with van der Waals surface area (Å²) in [5.41, 5.74) is 28.7. The number of carboxylic acids is 2. The summed E-state index contributed by atoms with van der Waals surface area (Å²) in [4.78, 5) is 262. The molecule has 0 aliphatic carbocycles. The van der Waals surface area contributed by atoms with Crippen LogP contribution in [0.2, 0.25) is 0 Å². The molecule has 1 aromatic carbocycles. The van der Waals surface area contributed by atoms with Gasteiger partial charge in [0.05, 0.1) is 19.1 Å². The molecule has 0 spiro atoms. The third-order valence-corrected chi connectivity index (χ3v) is 20.8. The number of aromatic amines is 1. The third-order valence-electron chi connectivity index (χ3n) is 20.4. The number of nitrogens with two attached hydrogens (primary N) is 5. The number of unbranched alkanes of at least 4 members (excludes halogenated alkanes) is 1. The number of likely N-dealkylation sites (tertiary alicyclic amines) is 2. The van der Waals surface area contributed by atoms with Crippen LogP contribution in [0.15, 0.2) is 30.5 Å². The Hall–Kier alpha value is -12.5. The monoisotopic (exact) mass is 1750 g/mol.